The number of hydrogen-bond donors (Lipinski definition) is 2. The lowest BCUT2D eigenvalue weighted by atomic mass is 9.92. The summed E-state index contributed by atoms with van der Waals surface area (Å²) in [6, 6.07) is 7.91. The van der Waals surface area contributed by atoms with Gasteiger partial charge in [-0.05, 0) is 25.3 Å². The molecule has 0 aromatic heterocycles. The SMILES string of the molecule is Cc1cccc(CC(=O)N[C@H]2CCCC[C@@H]2O)c1. The summed E-state index contributed by atoms with van der Waals surface area (Å²) in [6.07, 6.45) is 3.86. The number of aliphatic hydroxyl groups excluding tert-OH is 1. The molecule has 3 nitrogen and oxygen atoms in total. The number of carbonyl (C=O) groups excluding carboxylic acids is 1. The van der Waals surface area contributed by atoms with Gasteiger partial charge in [0.1, 0.15) is 0 Å². The van der Waals surface area contributed by atoms with Crippen LogP contribution in [0, 0.1) is 6.92 Å². The van der Waals surface area contributed by atoms with Crippen molar-refractivity contribution in [3.05, 3.63) is 35.4 Å². The highest BCUT2D eigenvalue weighted by Gasteiger charge is 2.24. The number of rotatable bonds is 3. The second kappa shape index (κ2) is 6.01. The van der Waals surface area contributed by atoms with Crippen LogP contribution in [-0.2, 0) is 11.2 Å². The van der Waals surface area contributed by atoms with Crippen LogP contribution in [0.2, 0.25) is 0 Å². The lowest BCUT2D eigenvalue weighted by Crippen LogP contribution is -2.45. The number of nitrogens with one attached hydrogen (secondary N) is 1. The van der Waals surface area contributed by atoms with Crippen molar-refractivity contribution in [2.45, 2.75) is 51.2 Å². The minimum absolute atomic E-state index is 0.00606. The predicted octanol–water partition coefficient (Wildman–Crippen LogP) is 1.96. The Morgan fingerprint density at radius 1 is 1.39 bits per heavy atom. The van der Waals surface area contributed by atoms with Gasteiger partial charge in [-0.25, -0.2) is 0 Å². The van der Waals surface area contributed by atoms with Crippen LogP contribution in [-0.4, -0.2) is 23.2 Å². The maximum atomic E-state index is 11.9. The first-order valence-corrected chi connectivity index (χ1v) is 6.68. The van der Waals surface area contributed by atoms with Gasteiger partial charge in [0.25, 0.3) is 0 Å². The molecule has 1 aromatic rings. The third-order valence-corrected chi connectivity index (χ3v) is 3.52. The molecule has 18 heavy (non-hydrogen) atoms. The van der Waals surface area contributed by atoms with E-state index in [1.54, 1.807) is 0 Å². The van der Waals surface area contributed by atoms with Gasteiger partial charge in [0, 0.05) is 0 Å². The highest BCUT2D eigenvalue weighted by Crippen LogP contribution is 2.18. The summed E-state index contributed by atoms with van der Waals surface area (Å²) in [6.45, 7) is 2.02. The summed E-state index contributed by atoms with van der Waals surface area (Å²) >= 11 is 0. The van der Waals surface area contributed by atoms with E-state index in [2.05, 4.69) is 5.32 Å². The number of benzene rings is 1. The maximum absolute atomic E-state index is 11.9. The molecule has 0 radical (unpaired) electrons. The number of hydrogen-bond acceptors (Lipinski definition) is 2. The van der Waals surface area contributed by atoms with E-state index in [0.29, 0.717) is 6.42 Å². The summed E-state index contributed by atoms with van der Waals surface area (Å²) in [4.78, 5) is 11.9. The van der Waals surface area contributed by atoms with Crippen LogP contribution >= 0.6 is 0 Å². The molecule has 0 unspecified atom stereocenters. The van der Waals surface area contributed by atoms with Crippen molar-refractivity contribution in [2.24, 2.45) is 0 Å². The third-order valence-electron chi connectivity index (χ3n) is 3.52. The Labute approximate surface area is 108 Å². The lowest BCUT2D eigenvalue weighted by Gasteiger charge is -2.28. The molecule has 1 saturated carbocycles. The monoisotopic (exact) mass is 247 g/mol. The van der Waals surface area contributed by atoms with Crippen LogP contribution in [0.4, 0.5) is 0 Å². The van der Waals surface area contributed by atoms with Gasteiger partial charge in [0.05, 0.1) is 18.6 Å². The van der Waals surface area contributed by atoms with Gasteiger partial charge in [-0.1, -0.05) is 42.7 Å². The quantitative estimate of drug-likeness (QED) is 0.857. The van der Waals surface area contributed by atoms with Gasteiger partial charge < -0.3 is 10.4 Å². The Morgan fingerprint density at radius 3 is 2.89 bits per heavy atom. The smallest absolute Gasteiger partial charge is 0.224 e. The average Bonchev–Trinajstić information content (AvgIpc) is 2.32. The Bertz CT molecular complexity index is 417. The number of carbonyl (C=O) groups is 1. The van der Waals surface area contributed by atoms with E-state index in [-0.39, 0.29) is 18.1 Å². The average molecular weight is 247 g/mol. The molecule has 2 rings (SSSR count). The molecule has 2 N–H and O–H groups in total. The molecule has 3 heteroatoms. The van der Waals surface area contributed by atoms with Gasteiger partial charge in [-0.15, -0.1) is 0 Å². The topological polar surface area (TPSA) is 49.3 Å². The van der Waals surface area contributed by atoms with Gasteiger partial charge in [-0.2, -0.15) is 0 Å². The molecule has 1 amide bonds. The van der Waals surface area contributed by atoms with Crippen LogP contribution in [0.25, 0.3) is 0 Å². The first-order valence-electron chi connectivity index (χ1n) is 6.68. The molecule has 1 aliphatic rings. The minimum atomic E-state index is -0.375. The first kappa shape index (κ1) is 13.1. The second-order valence-corrected chi connectivity index (χ2v) is 5.19. The van der Waals surface area contributed by atoms with E-state index < -0.39 is 0 Å². The third kappa shape index (κ3) is 3.57. The predicted molar refractivity (Wildman–Crippen MR) is 71.3 cm³/mol. The number of amides is 1. The van der Waals surface area contributed by atoms with E-state index in [0.717, 1.165) is 36.8 Å². The summed E-state index contributed by atoms with van der Waals surface area (Å²) in [5.74, 6) is 0.00606. The molecule has 0 spiro atoms. The first-order chi connectivity index (χ1) is 8.65. The summed E-state index contributed by atoms with van der Waals surface area (Å²) in [7, 11) is 0. The highest BCUT2D eigenvalue weighted by molar-refractivity contribution is 5.79. The Morgan fingerprint density at radius 2 is 2.17 bits per heavy atom. The molecule has 0 saturated heterocycles. The largest absolute Gasteiger partial charge is 0.391 e. The summed E-state index contributed by atoms with van der Waals surface area (Å²) in [5, 5.41) is 12.8. The maximum Gasteiger partial charge on any atom is 0.224 e. The molecule has 98 valence electrons. The number of aliphatic hydroxyl groups is 1. The summed E-state index contributed by atoms with van der Waals surface area (Å²) < 4.78 is 0. The van der Waals surface area contributed by atoms with Crippen molar-refractivity contribution in [3.8, 4) is 0 Å². The van der Waals surface area contributed by atoms with E-state index in [9.17, 15) is 9.90 Å². The van der Waals surface area contributed by atoms with Crippen LogP contribution in [0.5, 0.6) is 0 Å². The van der Waals surface area contributed by atoms with Crippen molar-refractivity contribution in [2.75, 3.05) is 0 Å². The zero-order chi connectivity index (χ0) is 13.0. The number of aryl methyl sites for hydroxylation is 1. The normalized spacial score (nSPS) is 23.7. The molecule has 0 heterocycles. The van der Waals surface area contributed by atoms with Crippen LogP contribution in [0.1, 0.15) is 36.8 Å². The highest BCUT2D eigenvalue weighted by atomic mass is 16.3. The van der Waals surface area contributed by atoms with Crippen LogP contribution in [0.15, 0.2) is 24.3 Å². The second-order valence-electron chi connectivity index (χ2n) is 5.19. The lowest BCUT2D eigenvalue weighted by molar-refractivity contribution is -0.122. The molecule has 1 aliphatic carbocycles. The molecule has 1 aromatic carbocycles. The molecule has 0 aliphatic heterocycles. The molecular weight excluding hydrogens is 226 g/mol. The Kier molecular flexibility index (Phi) is 4.37. The zero-order valence-corrected chi connectivity index (χ0v) is 10.9. The van der Waals surface area contributed by atoms with Crippen molar-refractivity contribution < 1.29 is 9.90 Å². The molecular formula is C15H21NO2. The van der Waals surface area contributed by atoms with Crippen molar-refractivity contribution in [1.29, 1.82) is 0 Å². The van der Waals surface area contributed by atoms with Gasteiger partial charge in [0.15, 0.2) is 0 Å². The Balaban J connectivity index is 1.88. The Hall–Kier alpha value is -1.35. The summed E-state index contributed by atoms with van der Waals surface area (Å²) in [5.41, 5.74) is 2.19. The van der Waals surface area contributed by atoms with Gasteiger partial charge in [-0.3, -0.25) is 4.79 Å². The van der Waals surface area contributed by atoms with Crippen molar-refractivity contribution in [1.82, 2.24) is 5.32 Å². The van der Waals surface area contributed by atoms with E-state index in [4.69, 9.17) is 0 Å². The fourth-order valence-corrected chi connectivity index (χ4v) is 2.54. The van der Waals surface area contributed by atoms with Gasteiger partial charge in [0.2, 0.25) is 5.91 Å². The molecule has 1 fully saturated rings. The fourth-order valence-electron chi connectivity index (χ4n) is 2.54. The zero-order valence-electron chi connectivity index (χ0n) is 10.9. The fraction of sp³-hybridized carbons (Fsp3) is 0.533. The molecule has 0 bridgehead atoms. The minimum Gasteiger partial charge on any atom is -0.391 e. The van der Waals surface area contributed by atoms with Crippen LogP contribution in [0.3, 0.4) is 0 Å². The molecule has 2 atom stereocenters. The van der Waals surface area contributed by atoms with Gasteiger partial charge >= 0.3 is 0 Å². The van der Waals surface area contributed by atoms with E-state index in [1.807, 2.05) is 31.2 Å². The van der Waals surface area contributed by atoms with E-state index >= 15 is 0 Å². The standard InChI is InChI=1S/C15H21NO2/c1-11-5-4-6-12(9-11)10-15(18)16-13-7-2-3-8-14(13)17/h4-6,9,13-14,17H,2-3,7-8,10H2,1H3,(H,16,18)/t13-,14-/m0/s1. The van der Waals surface area contributed by atoms with Crippen molar-refractivity contribution >= 4 is 5.91 Å². The van der Waals surface area contributed by atoms with Crippen LogP contribution < -0.4 is 5.32 Å². The van der Waals surface area contributed by atoms with E-state index in [1.165, 1.54) is 0 Å². The van der Waals surface area contributed by atoms with Crippen molar-refractivity contribution in [3.63, 3.8) is 0 Å².